The predicted octanol–water partition coefficient (Wildman–Crippen LogP) is 3.62. The summed E-state index contributed by atoms with van der Waals surface area (Å²) in [6.07, 6.45) is 6.16. The van der Waals surface area contributed by atoms with Gasteiger partial charge < -0.3 is 15.6 Å². The fourth-order valence-corrected chi connectivity index (χ4v) is 4.36. The molecule has 0 aliphatic carbocycles. The number of pyridine rings is 3. The Labute approximate surface area is 178 Å². The van der Waals surface area contributed by atoms with Crippen LogP contribution in [0.2, 0.25) is 0 Å². The molecule has 1 saturated heterocycles. The molecule has 0 bridgehead atoms. The third-order valence-electron chi connectivity index (χ3n) is 5.88. The summed E-state index contributed by atoms with van der Waals surface area (Å²) in [5, 5.41) is 1.22. The monoisotopic (exact) mass is 413 g/mol. The van der Waals surface area contributed by atoms with Gasteiger partial charge in [0.1, 0.15) is 11.5 Å². The van der Waals surface area contributed by atoms with Crippen molar-refractivity contribution in [3.63, 3.8) is 0 Å². The summed E-state index contributed by atoms with van der Waals surface area (Å²) in [7, 11) is 0. The number of rotatable bonds is 3. The molecule has 0 spiro atoms. The van der Waals surface area contributed by atoms with Crippen LogP contribution >= 0.6 is 0 Å². The van der Waals surface area contributed by atoms with E-state index in [2.05, 4.69) is 20.9 Å². The first-order chi connectivity index (χ1) is 15.1. The van der Waals surface area contributed by atoms with Gasteiger partial charge in [0.25, 0.3) is 5.91 Å². The Hall–Kier alpha value is -3.74. The van der Waals surface area contributed by atoms with Crippen LogP contribution in [0.3, 0.4) is 0 Å². The molecule has 1 amide bonds. The highest BCUT2D eigenvalue weighted by Crippen LogP contribution is 2.33. The number of benzene rings is 1. The maximum atomic E-state index is 13.0. The van der Waals surface area contributed by atoms with Gasteiger partial charge >= 0.3 is 0 Å². The molecule has 4 heterocycles. The number of nitrogens with one attached hydrogen (secondary N) is 1. The molecule has 1 aliphatic heterocycles. The van der Waals surface area contributed by atoms with Crippen molar-refractivity contribution < 1.29 is 4.79 Å². The number of carbonyl (C=O) groups excluding carboxylic acids is 1. The van der Waals surface area contributed by atoms with Crippen molar-refractivity contribution >= 4 is 33.5 Å². The van der Waals surface area contributed by atoms with Crippen LogP contribution in [0.25, 0.3) is 33.1 Å². The highest BCUT2D eigenvalue weighted by atomic mass is 16.1. The molecule has 156 valence electrons. The molecule has 1 fully saturated rings. The van der Waals surface area contributed by atoms with Gasteiger partial charge in [-0.2, -0.15) is 0 Å². The lowest BCUT2D eigenvalue weighted by Crippen LogP contribution is -2.26. The first-order valence-electron chi connectivity index (χ1n) is 10.6. The van der Waals surface area contributed by atoms with E-state index in [4.69, 9.17) is 10.7 Å². The van der Waals surface area contributed by atoms with E-state index in [9.17, 15) is 9.59 Å². The van der Waals surface area contributed by atoms with Crippen LogP contribution in [-0.4, -0.2) is 33.9 Å². The van der Waals surface area contributed by atoms with Crippen LogP contribution in [0, 0.1) is 0 Å². The van der Waals surface area contributed by atoms with E-state index >= 15 is 0 Å². The number of H-pyrrole nitrogens is 1. The van der Waals surface area contributed by atoms with Gasteiger partial charge in [-0.1, -0.05) is 31.0 Å². The van der Waals surface area contributed by atoms with Gasteiger partial charge in [0, 0.05) is 36.3 Å². The molecule has 0 saturated carbocycles. The second kappa shape index (κ2) is 7.83. The Morgan fingerprint density at radius 1 is 1.03 bits per heavy atom. The van der Waals surface area contributed by atoms with E-state index in [-0.39, 0.29) is 16.5 Å². The molecular formula is C24H23N5O2. The van der Waals surface area contributed by atoms with E-state index in [0.29, 0.717) is 11.2 Å². The van der Waals surface area contributed by atoms with Crippen LogP contribution in [0.15, 0.2) is 53.5 Å². The lowest BCUT2D eigenvalue weighted by Gasteiger charge is -2.25. The third kappa shape index (κ3) is 3.52. The van der Waals surface area contributed by atoms with Crippen molar-refractivity contribution in [1.29, 1.82) is 0 Å². The highest BCUT2D eigenvalue weighted by Gasteiger charge is 2.20. The van der Waals surface area contributed by atoms with Crippen molar-refractivity contribution in [2.24, 2.45) is 5.73 Å². The number of carbonyl (C=O) groups is 1. The summed E-state index contributed by atoms with van der Waals surface area (Å²) in [6, 6.07) is 13.3. The maximum absolute atomic E-state index is 13.0. The number of nitrogens with two attached hydrogens (primary N) is 1. The molecule has 1 aliphatic rings. The second-order valence-electron chi connectivity index (χ2n) is 7.95. The number of hydrogen-bond donors (Lipinski definition) is 2. The van der Waals surface area contributed by atoms with Crippen molar-refractivity contribution in [2.75, 3.05) is 18.0 Å². The smallest absolute Gasteiger partial charge is 0.268 e. The molecule has 31 heavy (non-hydrogen) atoms. The summed E-state index contributed by atoms with van der Waals surface area (Å²) in [5.74, 6) is 0.154. The molecule has 7 heteroatoms. The molecular weight excluding hydrogens is 390 g/mol. The predicted molar refractivity (Wildman–Crippen MR) is 122 cm³/mol. The van der Waals surface area contributed by atoms with Gasteiger partial charge in [0.15, 0.2) is 5.43 Å². The zero-order chi connectivity index (χ0) is 21.4. The normalized spacial score (nSPS) is 14.6. The molecule has 5 rings (SSSR count). The highest BCUT2D eigenvalue weighted by molar-refractivity contribution is 6.04. The minimum absolute atomic E-state index is 0.0188. The Bertz CT molecular complexity index is 1350. The summed E-state index contributed by atoms with van der Waals surface area (Å²) >= 11 is 0. The van der Waals surface area contributed by atoms with Gasteiger partial charge in [-0.15, -0.1) is 0 Å². The number of hydrogen-bond acceptors (Lipinski definition) is 5. The Balaban J connectivity index is 1.75. The molecule has 4 aromatic rings. The number of fused-ring (bicyclic) bond motifs is 2. The van der Waals surface area contributed by atoms with Crippen molar-refractivity contribution in [2.45, 2.75) is 25.7 Å². The Morgan fingerprint density at radius 2 is 1.81 bits per heavy atom. The fraction of sp³-hybridized carbons (Fsp3) is 0.250. The summed E-state index contributed by atoms with van der Waals surface area (Å²) < 4.78 is 0. The largest absolute Gasteiger partial charge is 0.364 e. The maximum Gasteiger partial charge on any atom is 0.268 e. The van der Waals surface area contributed by atoms with E-state index in [0.717, 1.165) is 48.2 Å². The minimum atomic E-state index is -0.721. The number of aromatic amines is 1. The molecule has 1 aromatic carbocycles. The topological polar surface area (TPSA) is 105 Å². The average Bonchev–Trinajstić information content (AvgIpc) is 3.07. The van der Waals surface area contributed by atoms with Gasteiger partial charge in [0.2, 0.25) is 0 Å². The number of anilines is 1. The third-order valence-corrected chi connectivity index (χ3v) is 5.88. The summed E-state index contributed by atoms with van der Waals surface area (Å²) in [5.41, 5.74) is 8.11. The molecule has 3 N–H and O–H groups in total. The van der Waals surface area contributed by atoms with Crippen LogP contribution in [0.5, 0.6) is 0 Å². The second-order valence-corrected chi connectivity index (χ2v) is 7.95. The Morgan fingerprint density at radius 3 is 2.58 bits per heavy atom. The SMILES string of the molecule is NC(=O)c1nccc2[nH]c(-c3cc4ccccc4nc3N3CCCCCC3)cc(=O)c12. The van der Waals surface area contributed by atoms with Crippen LogP contribution in [-0.2, 0) is 0 Å². The quantitative estimate of drug-likeness (QED) is 0.534. The summed E-state index contributed by atoms with van der Waals surface area (Å²) in [4.78, 5) is 39.4. The lowest BCUT2D eigenvalue weighted by molar-refractivity contribution is 0.0997. The van der Waals surface area contributed by atoms with Gasteiger partial charge in [-0.3, -0.25) is 14.6 Å². The van der Waals surface area contributed by atoms with E-state index in [1.54, 1.807) is 6.07 Å². The van der Waals surface area contributed by atoms with Crippen LogP contribution < -0.4 is 16.1 Å². The fourth-order valence-electron chi connectivity index (χ4n) is 4.36. The van der Waals surface area contributed by atoms with E-state index < -0.39 is 5.91 Å². The number of nitrogens with zero attached hydrogens (tertiary/aromatic N) is 3. The van der Waals surface area contributed by atoms with Crippen molar-refractivity contribution in [1.82, 2.24) is 15.0 Å². The minimum Gasteiger partial charge on any atom is -0.364 e. The number of amides is 1. The number of aromatic nitrogens is 3. The number of primary amides is 1. The number of para-hydroxylation sites is 1. The zero-order valence-electron chi connectivity index (χ0n) is 17.1. The molecule has 0 radical (unpaired) electrons. The zero-order valence-corrected chi connectivity index (χ0v) is 17.1. The van der Waals surface area contributed by atoms with E-state index in [1.807, 2.05) is 24.3 Å². The first kappa shape index (κ1) is 19.2. The average molecular weight is 413 g/mol. The van der Waals surface area contributed by atoms with Crippen molar-refractivity contribution in [3.05, 3.63) is 64.6 Å². The standard InChI is InChI=1S/C24H23N5O2/c25-23(31)22-21-18(9-10-26-22)27-19(14-20(21)30)16-13-15-7-3-4-8-17(15)28-24(16)29-11-5-1-2-6-12-29/h3-4,7-10,13-14H,1-2,5-6,11-12H2,(H2,25,31)(H,27,30). The molecule has 0 unspecified atom stereocenters. The van der Waals surface area contributed by atoms with Crippen molar-refractivity contribution in [3.8, 4) is 11.3 Å². The summed E-state index contributed by atoms with van der Waals surface area (Å²) in [6.45, 7) is 1.87. The van der Waals surface area contributed by atoms with Gasteiger partial charge in [0.05, 0.1) is 22.1 Å². The molecule has 0 atom stereocenters. The van der Waals surface area contributed by atoms with Gasteiger partial charge in [-0.25, -0.2) is 4.98 Å². The lowest BCUT2D eigenvalue weighted by atomic mass is 10.1. The molecule has 3 aromatic heterocycles. The van der Waals surface area contributed by atoms with E-state index in [1.165, 1.54) is 25.1 Å². The Kier molecular flexibility index (Phi) is 4.86. The van der Waals surface area contributed by atoms with Crippen LogP contribution in [0.1, 0.15) is 36.2 Å². The van der Waals surface area contributed by atoms with Gasteiger partial charge in [-0.05, 0) is 31.0 Å². The first-order valence-corrected chi connectivity index (χ1v) is 10.6. The van der Waals surface area contributed by atoms with Crippen LogP contribution in [0.4, 0.5) is 5.82 Å². The molecule has 7 nitrogen and oxygen atoms in total.